The second kappa shape index (κ2) is 7.97. The minimum atomic E-state index is -3.84. The summed E-state index contributed by atoms with van der Waals surface area (Å²) in [6.07, 6.45) is 3.81. The Hall–Kier alpha value is -3.69. The van der Waals surface area contributed by atoms with Crippen molar-refractivity contribution in [2.75, 3.05) is 5.32 Å². The molecule has 0 aliphatic heterocycles. The molecule has 0 saturated heterocycles. The Morgan fingerprint density at radius 3 is 2.60 bits per heavy atom. The molecule has 0 bridgehead atoms. The van der Waals surface area contributed by atoms with Crippen LogP contribution in [-0.2, 0) is 16.6 Å². The van der Waals surface area contributed by atoms with Crippen molar-refractivity contribution < 1.29 is 17.9 Å². The van der Waals surface area contributed by atoms with Crippen LogP contribution in [0.3, 0.4) is 0 Å². The van der Waals surface area contributed by atoms with Crippen molar-refractivity contribution in [1.29, 1.82) is 0 Å². The Labute approximate surface area is 173 Å². The molecule has 1 amide bonds. The van der Waals surface area contributed by atoms with Gasteiger partial charge in [0.15, 0.2) is 0 Å². The van der Waals surface area contributed by atoms with E-state index < -0.39 is 10.0 Å². The molecule has 0 spiro atoms. The van der Waals surface area contributed by atoms with Gasteiger partial charge in [0.1, 0.15) is 18.0 Å². The van der Waals surface area contributed by atoms with Gasteiger partial charge in [-0.15, -0.1) is 0 Å². The van der Waals surface area contributed by atoms with E-state index in [-0.39, 0.29) is 10.8 Å². The van der Waals surface area contributed by atoms with Gasteiger partial charge in [-0.05, 0) is 54.6 Å². The van der Waals surface area contributed by atoms with Crippen LogP contribution >= 0.6 is 0 Å². The number of rotatable bonds is 6. The van der Waals surface area contributed by atoms with Crippen molar-refractivity contribution in [2.24, 2.45) is 5.14 Å². The van der Waals surface area contributed by atoms with Crippen LogP contribution in [-0.4, -0.2) is 23.7 Å². The third kappa shape index (κ3) is 4.48. The lowest BCUT2D eigenvalue weighted by molar-refractivity contribution is 0.102. The second-order valence-corrected chi connectivity index (χ2v) is 8.10. The SMILES string of the molecule is NS(=O)(=O)c1cccc(NC(=O)c2ccc(OCc3cn4ccccc4n3)cc2)c1. The standard InChI is InChI=1S/C21H18N4O4S/c22-30(27,28)19-5-3-4-16(12-19)24-21(26)15-7-9-18(10-8-15)29-14-17-13-25-11-2-1-6-20(25)23-17/h1-13H,14H2,(H,24,26)(H2,22,27,28). The number of carbonyl (C=O) groups is 1. The highest BCUT2D eigenvalue weighted by Gasteiger charge is 2.11. The maximum Gasteiger partial charge on any atom is 0.255 e. The van der Waals surface area contributed by atoms with E-state index in [0.717, 1.165) is 11.3 Å². The topological polar surface area (TPSA) is 116 Å². The van der Waals surface area contributed by atoms with E-state index in [1.54, 1.807) is 30.3 Å². The number of nitrogens with one attached hydrogen (secondary N) is 1. The lowest BCUT2D eigenvalue weighted by Crippen LogP contribution is -2.14. The van der Waals surface area contributed by atoms with Gasteiger partial charge in [0.05, 0.1) is 10.6 Å². The molecule has 4 aromatic rings. The number of aromatic nitrogens is 2. The number of sulfonamides is 1. The molecule has 0 saturated carbocycles. The Morgan fingerprint density at radius 2 is 1.87 bits per heavy atom. The van der Waals surface area contributed by atoms with Crippen LogP contribution in [0.25, 0.3) is 5.65 Å². The number of nitrogens with zero attached hydrogens (tertiary/aromatic N) is 2. The molecule has 2 aromatic heterocycles. The number of ether oxygens (including phenoxy) is 1. The van der Waals surface area contributed by atoms with Crippen LogP contribution in [0.1, 0.15) is 16.1 Å². The fourth-order valence-corrected chi connectivity index (χ4v) is 3.43. The van der Waals surface area contributed by atoms with Gasteiger partial charge in [-0.1, -0.05) is 12.1 Å². The first-order chi connectivity index (χ1) is 14.4. The Kier molecular flexibility index (Phi) is 5.21. The van der Waals surface area contributed by atoms with Crippen molar-refractivity contribution in [3.63, 3.8) is 0 Å². The van der Waals surface area contributed by atoms with Crippen molar-refractivity contribution in [2.45, 2.75) is 11.5 Å². The van der Waals surface area contributed by atoms with Gasteiger partial charge >= 0.3 is 0 Å². The summed E-state index contributed by atoms with van der Waals surface area (Å²) in [7, 11) is -3.84. The van der Waals surface area contributed by atoms with E-state index in [0.29, 0.717) is 23.6 Å². The number of pyridine rings is 1. The van der Waals surface area contributed by atoms with Crippen LogP contribution in [0, 0.1) is 0 Å². The van der Waals surface area contributed by atoms with E-state index in [2.05, 4.69) is 10.3 Å². The summed E-state index contributed by atoms with van der Waals surface area (Å²) >= 11 is 0. The minimum Gasteiger partial charge on any atom is -0.487 e. The molecule has 3 N–H and O–H groups in total. The molecule has 9 heteroatoms. The Morgan fingerprint density at radius 1 is 1.07 bits per heavy atom. The lowest BCUT2D eigenvalue weighted by atomic mass is 10.2. The highest BCUT2D eigenvalue weighted by Crippen LogP contribution is 2.18. The van der Waals surface area contributed by atoms with E-state index in [1.807, 2.05) is 35.0 Å². The molecule has 2 aromatic carbocycles. The largest absolute Gasteiger partial charge is 0.487 e. The number of benzene rings is 2. The zero-order valence-corrected chi connectivity index (χ0v) is 16.5. The monoisotopic (exact) mass is 422 g/mol. The number of nitrogens with two attached hydrogens (primary N) is 1. The molecule has 0 radical (unpaired) electrons. The van der Waals surface area contributed by atoms with E-state index in [9.17, 15) is 13.2 Å². The van der Waals surface area contributed by atoms with E-state index in [1.165, 1.54) is 18.2 Å². The summed E-state index contributed by atoms with van der Waals surface area (Å²) in [6.45, 7) is 0.299. The molecule has 0 atom stereocenters. The molecule has 2 heterocycles. The van der Waals surface area contributed by atoms with Gasteiger partial charge in [0, 0.05) is 23.6 Å². The van der Waals surface area contributed by atoms with Crippen LogP contribution in [0.4, 0.5) is 5.69 Å². The van der Waals surface area contributed by atoms with Crippen LogP contribution in [0.2, 0.25) is 0 Å². The summed E-state index contributed by atoms with van der Waals surface area (Å²) in [4.78, 5) is 16.8. The molecule has 30 heavy (non-hydrogen) atoms. The Bertz CT molecular complexity index is 1280. The highest BCUT2D eigenvalue weighted by molar-refractivity contribution is 7.89. The van der Waals surface area contributed by atoms with Gasteiger partial charge in [0.25, 0.3) is 5.91 Å². The highest BCUT2D eigenvalue weighted by atomic mass is 32.2. The maximum atomic E-state index is 12.4. The molecule has 4 rings (SSSR count). The van der Waals surface area contributed by atoms with Gasteiger partial charge < -0.3 is 14.5 Å². The molecule has 0 fully saturated rings. The predicted molar refractivity (Wildman–Crippen MR) is 112 cm³/mol. The quantitative estimate of drug-likeness (QED) is 0.496. The summed E-state index contributed by atoms with van der Waals surface area (Å²) in [5.41, 5.74) is 2.36. The number of primary sulfonamides is 1. The Balaban J connectivity index is 1.39. The maximum absolute atomic E-state index is 12.4. The molecular weight excluding hydrogens is 404 g/mol. The third-order valence-electron chi connectivity index (χ3n) is 4.34. The smallest absolute Gasteiger partial charge is 0.255 e. The van der Waals surface area contributed by atoms with Crippen molar-refractivity contribution in [3.05, 3.63) is 90.4 Å². The number of hydrogen-bond acceptors (Lipinski definition) is 5. The van der Waals surface area contributed by atoms with Crippen LogP contribution < -0.4 is 15.2 Å². The van der Waals surface area contributed by atoms with Crippen molar-refractivity contribution >= 4 is 27.3 Å². The van der Waals surface area contributed by atoms with Gasteiger partial charge in [-0.2, -0.15) is 0 Å². The summed E-state index contributed by atoms with van der Waals surface area (Å²) in [5.74, 6) is 0.216. The van der Waals surface area contributed by atoms with E-state index >= 15 is 0 Å². The first-order valence-corrected chi connectivity index (χ1v) is 10.5. The number of anilines is 1. The molecule has 8 nitrogen and oxygen atoms in total. The van der Waals surface area contributed by atoms with Crippen molar-refractivity contribution in [1.82, 2.24) is 9.38 Å². The van der Waals surface area contributed by atoms with Gasteiger partial charge in [0.2, 0.25) is 10.0 Å². The average molecular weight is 422 g/mol. The zero-order chi connectivity index (χ0) is 21.1. The number of fused-ring (bicyclic) bond motifs is 1. The number of carbonyl (C=O) groups excluding carboxylic acids is 1. The van der Waals surface area contributed by atoms with E-state index in [4.69, 9.17) is 9.88 Å². The van der Waals surface area contributed by atoms with Crippen molar-refractivity contribution in [3.8, 4) is 5.75 Å². The average Bonchev–Trinajstić information content (AvgIpc) is 3.15. The fourth-order valence-electron chi connectivity index (χ4n) is 2.87. The summed E-state index contributed by atoms with van der Waals surface area (Å²) in [6, 6.07) is 18.1. The first-order valence-electron chi connectivity index (χ1n) is 8.98. The molecule has 0 unspecified atom stereocenters. The summed E-state index contributed by atoms with van der Waals surface area (Å²) in [5, 5.41) is 7.77. The number of hydrogen-bond donors (Lipinski definition) is 2. The zero-order valence-electron chi connectivity index (χ0n) is 15.7. The lowest BCUT2D eigenvalue weighted by Gasteiger charge is -2.08. The number of imidazole rings is 1. The molecule has 152 valence electrons. The normalized spacial score (nSPS) is 11.4. The summed E-state index contributed by atoms with van der Waals surface area (Å²) < 4.78 is 30.5. The molecule has 0 aliphatic carbocycles. The minimum absolute atomic E-state index is 0.0732. The third-order valence-corrected chi connectivity index (χ3v) is 5.25. The number of amides is 1. The second-order valence-electron chi connectivity index (χ2n) is 6.54. The van der Waals surface area contributed by atoms with Gasteiger partial charge in [-0.25, -0.2) is 18.5 Å². The molecule has 0 aliphatic rings. The fraction of sp³-hybridized carbons (Fsp3) is 0.0476. The van der Waals surface area contributed by atoms with Crippen LogP contribution in [0.15, 0.2) is 84.0 Å². The predicted octanol–water partition coefficient (Wildman–Crippen LogP) is 2.81. The van der Waals surface area contributed by atoms with Crippen LogP contribution in [0.5, 0.6) is 5.75 Å². The molecular formula is C21H18N4O4S. The first kappa shape index (κ1) is 19.6. The van der Waals surface area contributed by atoms with Gasteiger partial charge in [-0.3, -0.25) is 4.79 Å².